The molecule has 3 nitrogen and oxygen atoms in total. The normalized spacial score (nSPS) is 10.6. The van der Waals surface area contributed by atoms with Gasteiger partial charge < -0.3 is 10.6 Å². The Hall–Kier alpha value is -1.25. The number of nitrogen functional groups attached to an aromatic ring is 1. The Morgan fingerprint density at radius 3 is 2.64 bits per heavy atom. The molecule has 0 fully saturated rings. The Morgan fingerprint density at radius 1 is 1.43 bits per heavy atom. The first-order chi connectivity index (χ1) is 6.63. The van der Waals surface area contributed by atoms with E-state index in [-0.39, 0.29) is 0 Å². The van der Waals surface area contributed by atoms with Gasteiger partial charge in [0.2, 0.25) is 0 Å². The van der Waals surface area contributed by atoms with Gasteiger partial charge in [0, 0.05) is 13.1 Å². The van der Waals surface area contributed by atoms with Gasteiger partial charge in [0.05, 0.1) is 0 Å². The Balaban J connectivity index is 2.78. The van der Waals surface area contributed by atoms with Crippen LogP contribution in [0.2, 0.25) is 0 Å². The maximum atomic E-state index is 5.64. The van der Waals surface area contributed by atoms with E-state index in [0.29, 0.717) is 11.7 Å². The lowest BCUT2D eigenvalue weighted by molar-refractivity contribution is 0.615. The van der Waals surface area contributed by atoms with E-state index in [2.05, 4.69) is 30.7 Å². The van der Waals surface area contributed by atoms with E-state index in [1.807, 2.05) is 18.2 Å². The molecular weight excluding hydrogens is 174 g/mol. The first kappa shape index (κ1) is 10.8. The zero-order valence-corrected chi connectivity index (χ0v) is 9.20. The van der Waals surface area contributed by atoms with Crippen LogP contribution >= 0.6 is 0 Å². The predicted octanol–water partition coefficient (Wildman–Crippen LogP) is 2.15. The average molecular weight is 193 g/mol. The summed E-state index contributed by atoms with van der Waals surface area (Å²) in [4.78, 5) is 6.54. The second-order valence-electron chi connectivity index (χ2n) is 3.85. The lowest BCUT2D eigenvalue weighted by atomic mass is 10.2. The molecule has 0 unspecified atom stereocenters. The van der Waals surface area contributed by atoms with Gasteiger partial charge in [-0.05, 0) is 25.0 Å². The molecule has 1 heterocycles. The zero-order chi connectivity index (χ0) is 10.6. The van der Waals surface area contributed by atoms with Crippen LogP contribution in [0.4, 0.5) is 11.6 Å². The van der Waals surface area contributed by atoms with Crippen molar-refractivity contribution >= 4 is 11.6 Å². The summed E-state index contributed by atoms with van der Waals surface area (Å²) < 4.78 is 0. The summed E-state index contributed by atoms with van der Waals surface area (Å²) in [6.07, 6.45) is 0. The highest BCUT2D eigenvalue weighted by atomic mass is 15.2. The molecule has 3 heteroatoms. The van der Waals surface area contributed by atoms with Gasteiger partial charge in [0.25, 0.3) is 0 Å². The molecule has 0 spiro atoms. The third kappa shape index (κ3) is 2.91. The summed E-state index contributed by atoms with van der Waals surface area (Å²) in [5.41, 5.74) is 5.64. The molecule has 14 heavy (non-hydrogen) atoms. The molecule has 78 valence electrons. The van der Waals surface area contributed by atoms with Crippen molar-refractivity contribution in [1.82, 2.24) is 4.98 Å². The number of hydrogen-bond acceptors (Lipinski definition) is 3. The summed E-state index contributed by atoms with van der Waals surface area (Å²) >= 11 is 0. The van der Waals surface area contributed by atoms with Crippen LogP contribution in [0.15, 0.2) is 18.2 Å². The van der Waals surface area contributed by atoms with E-state index in [9.17, 15) is 0 Å². The van der Waals surface area contributed by atoms with E-state index >= 15 is 0 Å². The van der Waals surface area contributed by atoms with Gasteiger partial charge in [-0.3, -0.25) is 0 Å². The zero-order valence-electron chi connectivity index (χ0n) is 9.20. The van der Waals surface area contributed by atoms with Crippen molar-refractivity contribution < 1.29 is 0 Å². The van der Waals surface area contributed by atoms with Gasteiger partial charge in [-0.25, -0.2) is 4.98 Å². The van der Waals surface area contributed by atoms with Crippen LogP contribution in [0.1, 0.15) is 20.8 Å². The molecule has 0 aliphatic rings. The summed E-state index contributed by atoms with van der Waals surface area (Å²) in [5, 5.41) is 0. The quantitative estimate of drug-likeness (QED) is 0.796. The fourth-order valence-electron chi connectivity index (χ4n) is 1.44. The van der Waals surface area contributed by atoms with Gasteiger partial charge in [0.1, 0.15) is 11.6 Å². The van der Waals surface area contributed by atoms with Crippen LogP contribution in [0.3, 0.4) is 0 Å². The number of rotatable bonds is 4. The van der Waals surface area contributed by atoms with Crippen molar-refractivity contribution in [2.75, 3.05) is 23.7 Å². The van der Waals surface area contributed by atoms with E-state index in [1.54, 1.807) is 0 Å². The second kappa shape index (κ2) is 4.84. The van der Waals surface area contributed by atoms with Gasteiger partial charge in [-0.1, -0.05) is 19.9 Å². The third-order valence-corrected chi connectivity index (χ3v) is 2.05. The molecule has 1 rings (SSSR count). The first-order valence-corrected chi connectivity index (χ1v) is 5.11. The molecule has 0 radical (unpaired) electrons. The molecule has 0 bridgehead atoms. The molecule has 1 aromatic rings. The SMILES string of the molecule is CCN(CC(C)C)c1cccc(N)n1. The van der Waals surface area contributed by atoms with Crippen LogP contribution in [-0.2, 0) is 0 Å². The van der Waals surface area contributed by atoms with Crippen LogP contribution in [0.5, 0.6) is 0 Å². The molecule has 1 aromatic heterocycles. The molecular formula is C11H19N3. The highest BCUT2D eigenvalue weighted by Crippen LogP contribution is 2.13. The van der Waals surface area contributed by atoms with Crippen molar-refractivity contribution in [3.05, 3.63) is 18.2 Å². The topological polar surface area (TPSA) is 42.1 Å². The minimum absolute atomic E-state index is 0.588. The number of nitrogens with two attached hydrogens (primary N) is 1. The van der Waals surface area contributed by atoms with Crippen molar-refractivity contribution in [3.63, 3.8) is 0 Å². The Kier molecular flexibility index (Phi) is 3.74. The van der Waals surface area contributed by atoms with Crippen molar-refractivity contribution in [2.24, 2.45) is 5.92 Å². The Labute approximate surface area is 85.9 Å². The fraction of sp³-hybridized carbons (Fsp3) is 0.545. The molecule has 2 N–H and O–H groups in total. The lowest BCUT2D eigenvalue weighted by Gasteiger charge is -2.23. The van der Waals surface area contributed by atoms with Crippen LogP contribution in [0.25, 0.3) is 0 Å². The maximum Gasteiger partial charge on any atom is 0.130 e. The van der Waals surface area contributed by atoms with Crippen LogP contribution < -0.4 is 10.6 Å². The van der Waals surface area contributed by atoms with Gasteiger partial charge in [-0.2, -0.15) is 0 Å². The molecule has 0 aromatic carbocycles. The van der Waals surface area contributed by atoms with Crippen molar-refractivity contribution in [1.29, 1.82) is 0 Å². The van der Waals surface area contributed by atoms with E-state index in [1.165, 1.54) is 0 Å². The van der Waals surface area contributed by atoms with Crippen molar-refractivity contribution in [3.8, 4) is 0 Å². The van der Waals surface area contributed by atoms with Gasteiger partial charge in [-0.15, -0.1) is 0 Å². The van der Waals surface area contributed by atoms with E-state index in [4.69, 9.17) is 5.73 Å². The van der Waals surface area contributed by atoms with Crippen LogP contribution in [0, 0.1) is 5.92 Å². The molecule has 0 atom stereocenters. The number of pyridine rings is 1. The van der Waals surface area contributed by atoms with Gasteiger partial charge >= 0.3 is 0 Å². The monoisotopic (exact) mass is 193 g/mol. The average Bonchev–Trinajstić information content (AvgIpc) is 2.14. The number of aromatic nitrogens is 1. The third-order valence-electron chi connectivity index (χ3n) is 2.05. The summed E-state index contributed by atoms with van der Waals surface area (Å²) in [6, 6.07) is 5.76. The highest BCUT2D eigenvalue weighted by molar-refractivity contribution is 5.44. The smallest absolute Gasteiger partial charge is 0.130 e. The molecule has 0 saturated heterocycles. The predicted molar refractivity (Wildman–Crippen MR) is 61.4 cm³/mol. The lowest BCUT2D eigenvalue weighted by Crippen LogP contribution is -2.28. The van der Waals surface area contributed by atoms with Crippen molar-refractivity contribution in [2.45, 2.75) is 20.8 Å². The maximum absolute atomic E-state index is 5.64. The summed E-state index contributed by atoms with van der Waals surface area (Å²) in [7, 11) is 0. The molecule has 0 saturated carbocycles. The van der Waals surface area contributed by atoms with Crippen LogP contribution in [-0.4, -0.2) is 18.1 Å². The Bertz CT molecular complexity index is 284. The Morgan fingerprint density at radius 2 is 2.14 bits per heavy atom. The minimum atomic E-state index is 0.588. The first-order valence-electron chi connectivity index (χ1n) is 5.11. The molecule has 0 aliphatic heterocycles. The number of nitrogens with zero attached hydrogens (tertiary/aromatic N) is 2. The minimum Gasteiger partial charge on any atom is -0.384 e. The summed E-state index contributed by atoms with van der Waals surface area (Å²) in [5.74, 6) is 2.20. The molecule has 0 amide bonds. The second-order valence-corrected chi connectivity index (χ2v) is 3.85. The van der Waals surface area contributed by atoms with E-state index < -0.39 is 0 Å². The standard InChI is InChI=1S/C11H19N3/c1-4-14(8-9(2)3)11-7-5-6-10(12)13-11/h5-7,9H,4,8H2,1-3H3,(H2,12,13). The molecule has 0 aliphatic carbocycles. The van der Waals surface area contributed by atoms with Gasteiger partial charge in [0.15, 0.2) is 0 Å². The fourth-order valence-corrected chi connectivity index (χ4v) is 1.44. The summed E-state index contributed by atoms with van der Waals surface area (Å²) in [6.45, 7) is 8.53. The van der Waals surface area contributed by atoms with E-state index in [0.717, 1.165) is 18.9 Å². The largest absolute Gasteiger partial charge is 0.384 e. The highest BCUT2D eigenvalue weighted by Gasteiger charge is 2.07. The number of anilines is 2. The number of hydrogen-bond donors (Lipinski definition) is 1.